The molecule has 0 fully saturated rings. The van der Waals surface area contributed by atoms with Crippen molar-refractivity contribution in [2.75, 3.05) is 20.3 Å². The van der Waals surface area contributed by atoms with E-state index in [0.717, 1.165) is 16.0 Å². The maximum Gasteiger partial charge on any atom is 0.271 e. The Hall–Kier alpha value is -4.28. The highest BCUT2D eigenvalue weighted by Crippen LogP contribution is 2.21. The molecule has 0 aliphatic heterocycles. The molecule has 0 unspecified atom stereocenters. The van der Waals surface area contributed by atoms with E-state index in [2.05, 4.69) is 25.7 Å². The summed E-state index contributed by atoms with van der Waals surface area (Å²) >= 11 is 0. The molecular formula is C20H19N7O4. The molecule has 1 aromatic carbocycles. The Balaban J connectivity index is 1.40. The number of aryl methyl sites for hydroxylation is 1. The molecule has 0 aliphatic carbocycles. The summed E-state index contributed by atoms with van der Waals surface area (Å²) in [5.41, 5.74) is 1.27. The third-order valence-electron chi connectivity index (χ3n) is 4.42. The molecule has 0 aliphatic rings. The van der Waals surface area contributed by atoms with Crippen LogP contribution < -0.4 is 20.3 Å². The topological polar surface area (TPSA) is 126 Å². The average Bonchev–Trinajstić information content (AvgIpc) is 3.21. The standard InChI is InChI=1S/C20H19N7O4/c1-26-18(28)10-7-15(24-26)20(29)21-11-12-31-17-9-8-16-22-23-19(27(16)25-17)13-3-5-14(30-2)6-4-13/h3-10H,11-12H2,1-2H3,(H,21,29). The van der Waals surface area contributed by atoms with Crippen molar-refractivity contribution in [2.45, 2.75) is 0 Å². The van der Waals surface area contributed by atoms with E-state index in [1.54, 1.807) is 23.8 Å². The van der Waals surface area contributed by atoms with Gasteiger partial charge in [-0.05, 0) is 36.4 Å². The van der Waals surface area contributed by atoms with Crippen LogP contribution in [0.25, 0.3) is 17.0 Å². The van der Waals surface area contributed by atoms with Crippen molar-refractivity contribution < 1.29 is 14.3 Å². The van der Waals surface area contributed by atoms with Crippen LogP contribution in [0.5, 0.6) is 11.6 Å². The van der Waals surface area contributed by atoms with Crippen LogP contribution in [0.4, 0.5) is 0 Å². The molecule has 0 radical (unpaired) electrons. The number of rotatable bonds is 7. The van der Waals surface area contributed by atoms with Crippen LogP contribution in [0.15, 0.2) is 53.3 Å². The van der Waals surface area contributed by atoms with E-state index < -0.39 is 5.91 Å². The highest BCUT2D eigenvalue weighted by atomic mass is 16.5. The summed E-state index contributed by atoms with van der Waals surface area (Å²) in [4.78, 5) is 23.5. The maximum absolute atomic E-state index is 12.1. The number of carbonyl (C=O) groups excluding carboxylic acids is 1. The van der Waals surface area contributed by atoms with E-state index in [1.165, 1.54) is 19.2 Å². The molecule has 11 heteroatoms. The van der Waals surface area contributed by atoms with Crippen LogP contribution in [-0.2, 0) is 7.05 Å². The van der Waals surface area contributed by atoms with Crippen molar-refractivity contribution in [3.05, 3.63) is 64.6 Å². The number of carbonyl (C=O) groups is 1. The molecule has 0 spiro atoms. The van der Waals surface area contributed by atoms with E-state index in [1.807, 2.05) is 24.3 Å². The normalized spacial score (nSPS) is 10.8. The fourth-order valence-corrected chi connectivity index (χ4v) is 2.80. The van der Waals surface area contributed by atoms with Crippen molar-refractivity contribution >= 4 is 11.6 Å². The van der Waals surface area contributed by atoms with Gasteiger partial charge in [-0.2, -0.15) is 9.61 Å². The van der Waals surface area contributed by atoms with E-state index in [9.17, 15) is 9.59 Å². The number of fused-ring (bicyclic) bond motifs is 1. The first-order chi connectivity index (χ1) is 15.0. The molecule has 3 heterocycles. The number of hydrogen-bond acceptors (Lipinski definition) is 8. The first-order valence-corrected chi connectivity index (χ1v) is 9.37. The summed E-state index contributed by atoms with van der Waals surface area (Å²) in [6.45, 7) is 0.423. The minimum atomic E-state index is -0.400. The van der Waals surface area contributed by atoms with Gasteiger partial charge in [0.15, 0.2) is 11.5 Å². The molecule has 0 atom stereocenters. The Labute approximate surface area is 176 Å². The average molecular weight is 421 g/mol. The largest absolute Gasteiger partial charge is 0.497 e. The summed E-state index contributed by atoms with van der Waals surface area (Å²) in [6, 6.07) is 13.5. The quantitative estimate of drug-likeness (QED) is 0.432. The van der Waals surface area contributed by atoms with Gasteiger partial charge in [0.05, 0.1) is 13.7 Å². The van der Waals surface area contributed by atoms with Gasteiger partial charge in [-0.25, -0.2) is 4.68 Å². The van der Waals surface area contributed by atoms with Crippen LogP contribution in [-0.4, -0.2) is 55.8 Å². The van der Waals surface area contributed by atoms with Gasteiger partial charge in [0.2, 0.25) is 5.88 Å². The Morgan fingerprint density at radius 1 is 1.03 bits per heavy atom. The van der Waals surface area contributed by atoms with Crippen molar-refractivity contribution in [1.29, 1.82) is 0 Å². The molecule has 1 N–H and O–H groups in total. The number of amides is 1. The van der Waals surface area contributed by atoms with E-state index >= 15 is 0 Å². The molecule has 4 rings (SSSR count). The van der Waals surface area contributed by atoms with Gasteiger partial charge < -0.3 is 14.8 Å². The fourth-order valence-electron chi connectivity index (χ4n) is 2.80. The van der Waals surface area contributed by atoms with Crippen molar-refractivity contribution in [3.63, 3.8) is 0 Å². The highest BCUT2D eigenvalue weighted by Gasteiger charge is 2.11. The lowest BCUT2D eigenvalue weighted by Gasteiger charge is -2.08. The molecule has 0 bridgehead atoms. The second kappa shape index (κ2) is 8.61. The van der Waals surface area contributed by atoms with Crippen LogP contribution in [0.1, 0.15) is 10.5 Å². The third-order valence-corrected chi connectivity index (χ3v) is 4.42. The number of nitrogens with one attached hydrogen (secondary N) is 1. The lowest BCUT2D eigenvalue weighted by atomic mass is 10.2. The Bertz CT molecular complexity index is 1280. The van der Waals surface area contributed by atoms with E-state index in [4.69, 9.17) is 9.47 Å². The molecule has 4 aromatic rings. The predicted octanol–water partition coefficient (Wildman–Crippen LogP) is 0.702. The molecule has 3 aromatic heterocycles. The van der Waals surface area contributed by atoms with Crippen molar-refractivity contribution in [1.82, 2.24) is 34.9 Å². The highest BCUT2D eigenvalue weighted by molar-refractivity contribution is 5.91. The molecule has 31 heavy (non-hydrogen) atoms. The molecule has 11 nitrogen and oxygen atoms in total. The Morgan fingerprint density at radius 3 is 2.58 bits per heavy atom. The van der Waals surface area contributed by atoms with Gasteiger partial charge in [-0.15, -0.1) is 15.3 Å². The van der Waals surface area contributed by atoms with Gasteiger partial charge in [-0.3, -0.25) is 9.59 Å². The summed E-state index contributed by atoms with van der Waals surface area (Å²) in [6.07, 6.45) is 0. The number of methoxy groups -OCH3 is 1. The lowest BCUT2D eigenvalue weighted by molar-refractivity contribution is 0.0939. The number of nitrogens with zero attached hydrogens (tertiary/aromatic N) is 6. The van der Waals surface area contributed by atoms with Gasteiger partial charge in [-0.1, -0.05) is 0 Å². The van der Waals surface area contributed by atoms with E-state index in [0.29, 0.717) is 17.4 Å². The van der Waals surface area contributed by atoms with Crippen molar-refractivity contribution in [3.8, 4) is 23.0 Å². The first-order valence-electron chi connectivity index (χ1n) is 9.37. The lowest BCUT2D eigenvalue weighted by Crippen LogP contribution is -2.31. The van der Waals surface area contributed by atoms with Gasteiger partial charge in [0, 0.05) is 24.7 Å². The molecular weight excluding hydrogens is 402 g/mol. The molecule has 0 saturated heterocycles. The van der Waals surface area contributed by atoms with Crippen LogP contribution >= 0.6 is 0 Å². The molecule has 158 valence electrons. The second-order valence-electron chi connectivity index (χ2n) is 6.48. The first kappa shape index (κ1) is 20.0. The number of hydrogen-bond donors (Lipinski definition) is 1. The fraction of sp³-hybridized carbons (Fsp3) is 0.200. The smallest absolute Gasteiger partial charge is 0.271 e. The number of ether oxygens (including phenoxy) is 2. The van der Waals surface area contributed by atoms with Crippen LogP contribution in [0, 0.1) is 0 Å². The van der Waals surface area contributed by atoms with Crippen molar-refractivity contribution in [2.24, 2.45) is 7.05 Å². The second-order valence-corrected chi connectivity index (χ2v) is 6.48. The molecule has 1 amide bonds. The van der Waals surface area contributed by atoms with Gasteiger partial charge in [0.1, 0.15) is 18.1 Å². The zero-order chi connectivity index (χ0) is 21.8. The number of aromatic nitrogens is 6. The monoisotopic (exact) mass is 421 g/mol. The zero-order valence-corrected chi connectivity index (χ0v) is 16.8. The van der Waals surface area contributed by atoms with Gasteiger partial charge >= 0.3 is 0 Å². The summed E-state index contributed by atoms with van der Waals surface area (Å²) in [7, 11) is 3.09. The Morgan fingerprint density at radius 2 is 1.84 bits per heavy atom. The minimum Gasteiger partial charge on any atom is -0.497 e. The summed E-state index contributed by atoms with van der Waals surface area (Å²) in [5, 5.41) is 19.3. The third kappa shape index (κ3) is 4.34. The van der Waals surface area contributed by atoms with Gasteiger partial charge in [0.25, 0.3) is 11.5 Å². The zero-order valence-electron chi connectivity index (χ0n) is 16.8. The Kier molecular flexibility index (Phi) is 5.56. The van der Waals surface area contributed by atoms with Crippen LogP contribution in [0.2, 0.25) is 0 Å². The minimum absolute atomic E-state index is 0.148. The molecule has 0 saturated carbocycles. The summed E-state index contributed by atoms with van der Waals surface area (Å²) in [5.74, 6) is 1.27. The van der Waals surface area contributed by atoms with Crippen LogP contribution in [0.3, 0.4) is 0 Å². The SMILES string of the molecule is COc1ccc(-c2nnc3ccc(OCCNC(=O)c4ccc(=O)n(C)n4)nn23)cc1. The van der Waals surface area contributed by atoms with E-state index in [-0.39, 0.29) is 24.4 Å². The summed E-state index contributed by atoms with van der Waals surface area (Å²) < 4.78 is 13.5. The number of benzene rings is 1. The predicted molar refractivity (Wildman–Crippen MR) is 110 cm³/mol. The maximum atomic E-state index is 12.1.